The fourth-order valence-electron chi connectivity index (χ4n) is 2.81. The fraction of sp³-hybridized carbons (Fsp3) is 0.533. The van der Waals surface area contributed by atoms with Gasteiger partial charge in [-0.15, -0.1) is 0 Å². The minimum absolute atomic E-state index is 0.542. The Morgan fingerprint density at radius 1 is 1.33 bits per heavy atom. The van der Waals surface area contributed by atoms with E-state index in [0.717, 1.165) is 38.3 Å². The zero-order valence-electron chi connectivity index (χ0n) is 12.6. The van der Waals surface area contributed by atoms with Crippen LogP contribution in [0.15, 0.2) is 28.9 Å². The third-order valence-corrected chi connectivity index (χ3v) is 4.04. The van der Waals surface area contributed by atoms with E-state index < -0.39 is 0 Å². The van der Waals surface area contributed by atoms with Gasteiger partial charge in [0.1, 0.15) is 5.82 Å². The Morgan fingerprint density at radius 3 is 2.76 bits per heavy atom. The van der Waals surface area contributed by atoms with Gasteiger partial charge in [0, 0.05) is 32.4 Å². The molecule has 0 spiro atoms. The van der Waals surface area contributed by atoms with Gasteiger partial charge in [-0.1, -0.05) is 11.2 Å². The SMILES string of the molecule is Cc1noc(CN2CCC(N(C)c3ccccn3)CC2)n1. The van der Waals surface area contributed by atoms with Crippen molar-refractivity contribution in [3.63, 3.8) is 0 Å². The average molecular weight is 287 g/mol. The van der Waals surface area contributed by atoms with E-state index in [4.69, 9.17) is 4.52 Å². The Labute approximate surface area is 124 Å². The van der Waals surface area contributed by atoms with Crippen molar-refractivity contribution in [2.24, 2.45) is 0 Å². The lowest BCUT2D eigenvalue weighted by molar-refractivity contribution is 0.180. The van der Waals surface area contributed by atoms with E-state index in [1.54, 1.807) is 0 Å². The molecule has 0 radical (unpaired) electrons. The second-order valence-electron chi connectivity index (χ2n) is 5.54. The molecule has 0 bridgehead atoms. The lowest BCUT2D eigenvalue weighted by atomic mass is 10.0. The lowest BCUT2D eigenvalue weighted by Crippen LogP contribution is -2.43. The molecule has 3 heterocycles. The number of hydrogen-bond donors (Lipinski definition) is 0. The first kappa shape index (κ1) is 14.0. The van der Waals surface area contributed by atoms with Gasteiger partial charge in [-0.3, -0.25) is 4.90 Å². The van der Waals surface area contributed by atoms with Crippen LogP contribution in [0.2, 0.25) is 0 Å². The first-order chi connectivity index (χ1) is 10.2. The summed E-state index contributed by atoms with van der Waals surface area (Å²) in [5.41, 5.74) is 0. The van der Waals surface area contributed by atoms with Crippen molar-refractivity contribution in [2.75, 3.05) is 25.0 Å². The molecule has 0 atom stereocenters. The monoisotopic (exact) mass is 287 g/mol. The maximum Gasteiger partial charge on any atom is 0.240 e. The second-order valence-corrected chi connectivity index (χ2v) is 5.54. The minimum atomic E-state index is 0.542. The largest absolute Gasteiger partial charge is 0.357 e. The van der Waals surface area contributed by atoms with E-state index >= 15 is 0 Å². The van der Waals surface area contributed by atoms with E-state index in [1.165, 1.54) is 0 Å². The van der Waals surface area contributed by atoms with Gasteiger partial charge in [-0.25, -0.2) is 4.98 Å². The number of aryl methyl sites for hydroxylation is 1. The van der Waals surface area contributed by atoms with Gasteiger partial charge in [-0.2, -0.15) is 4.98 Å². The van der Waals surface area contributed by atoms with Crippen molar-refractivity contribution >= 4 is 5.82 Å². The first-order valence-corrected chi connectivity index (χ1v) is 7.38. The van der Waals surface area contributed by atoms with Crippen LogP contribution in [-0.2, 0) is 6.54 Å². The minimum Gasteiger partial charge on any atom is -0.357 e. The van der Waals surface area contributed by atoms with Crippen molar-refractivity contribution in [2.45, 2.75) is 32.4 Å². The molecule has 6 nitrogen and oxygen atoms in total. The van der Waals surface area contributed by atoms with Gasteiger partial charge in [0.25, 0.3) is 0 Å². The number of hydrogen-bond acceptors (Lipinski definition) is 6. The van der Waals surface area contributed by atoms with Crippen molar-refractivity contribution in [1.82, 2.24) is 20.0 Å². The molecule has 6 heteroatoms. The highest BCUT2D eigenvalue weighted by Gasteiger charge is 2.24. The highest BCUT2D eigenvalue weighted by atomic mass is 16.5. The van der Waals surface area contributed by atoms with Crippen molar-refractivity contribution in [1.29, 1.82) is 0 Å². The van der Waals surface area contributed by atoms with Gasteiger partial charge >= 0.3 is 0 Å². The van der Waals surface area contributed by atoms with Crippen LogP contribution in [0.25, 0.3) is 0 Å². The molecule has 112 valence electrons. The normalized spacial score (nSPS) is 17.0. The fourth-order valence-corrected chi connectivity index (χ4v) is 2.81. The summed E-state index contributed by atoms with van der Waals surface area (Å²) in [6, 6.07) is 6.59. The van der Waals surface area contributed by atoms with E-state index in [2.05, 4.69) is 38.0 Å². The molecule has 0 aliphatic carbocycles. The highest BCUT2D eigenvalue weighted by Crippen LogP contribution is 2.21. The predicted molar refractivity (Wildman–Crippen MR) is 80.0 cm³/mol. The zero-order chi connectivity index (χ0) is 14.7. The van der Waals surface area contributed by atoms with Crippen molar-refractivity contribution in [3.8, 4) is 0 Å². The summed E-state index contributed by atoms with van der Waals surface area (Å²) in [7, 11) is 2.13. The van der Waals surface area contributed by atoms with E-state index in [9.17, 15) is 0 Å². The molecule has 1 aliphatic heterocycles. The average Bonchev–Trinajstić information content (AvgIpc) is 2.93. The van der Waals surface area contributed by atoms with E-state index in [1.807, 2.05) is 25.3 Å². The van der Waals surface area contributed by atoms with E-state index in [0.29, 0.717) is 17.8 Å². The molecular formula is C15H21N5O. The predicted octanol–water partition coefficient (Wildman–Crippen LogP) is 1.87. The van der Waals surface area contributed by atoms with Crippen LogP contribution in [0.1, 0.15) is 24.6 Å². The molecular weight excluding hydrogens is 266 g/mol. The molecule has 1 fully saturated rings. The number of likely N-dealkylation sites (tertiary alicyclic amines) is 1. The number of rotatable bonds is 4. The summed E-state index contributed by atoms with van der Waals surface area (Å²) in [5, 5.41) is 3.84. The Balaban J connectivity index is 1.53. The molecule has 21 heavy (non-hydrogen) atoms. The number of aromatic nitrogens is 3. The molecule has 0 saturated carbocycles. The van der Waals surface area contributed by atoms with E-state index in [-0.39, 0.29) is 0 Å². The van der Waals surface area contributed by atoms with Crippen LogP contribution in [0.4, 0.5) is 5.82 Å². The molecule has 0 unspecified atom stereocenters. The van der Waals surface area contributed by atoms with Crippen LogP contribution in [-0.4, -0.2) is 46.2 Å². The zero-order valence-corrected chi connectivity index (χ0v) is 12.6. The van der Waals surface area contributed by atoms with Crippen molar-refractivity contribution < 1.29 is 4.52 Å². The number of anilines is 1. The molecule has 1 saturated heterocycles. The van der Waals surface area contributed by atoms with Crippen LogP contribution < -0.4 is 4.90 Å². The second kappa shape index (κ2) is 6.22. The summed E-state index contributed by atoms with van der Waals surface area (Å²) >= 11 is 0. The number of nitrogens with zero attached hydrogens (tertiary/aromatic N) is 5. The van der Waals surface area contributed by atoms with Crippen LogP contribution >= 0.6 is 0 Å². The summed E-state index contributed by atoms with van der Waals surface area (Å²) in [5.74, 6) is 2.46. The molecule has 0 aromatic carbocycles. The van der Waals surface area contributed by atoms with Gasteiger partial charge < -0.3 is 9.42 Å². The highest BCUT2D eigenvalue weighted by molar-refractivity contribution is 5.38. The maximum atomic E-state index is 5.19. The summed E-state index contributed by atoms with van der Waals surface area (Å²) in [6.07, 6.45) is 4.10. The molecule has 2 aromatic rings. The molecule has 0 N–H and O–H groups in total. The molecule has 1 aliphatic rings. The Bertz CT molecular complexity index is 562. The Morgan fingerprint density at radius 2 is 2.14 bits per heavy atom. The molecule has 0 amide bonds. The lowest BCUT2D eigenvalue weighted by Gasteiger charge is -2.36. The molecule has 3 rings (SSSR count). The van der Waals surface area contributed by atoms with Crippen LogP contribution in [0, 0.1) is 6.92 Å². The van der Waals surface area contributed by atoms with Crippen LogP contribution in [0.5, 0.6) is 0 Å². The maximum absolute atomic E-state index is 5.19. The van der Waals surface area contributed by atoms with Gasteiger partial charge in [0.05, 0.1) is 6.54 Å². The third kappa shape index (κ3) is 3.39. The quantitative estimate of drug-likeness (QED) is 0.855. The summed E-state index contributed by atoms with van der Waals surface area (Å²) in [4.78, 5) is 13.3. The smallest absolute Gasteiger partial charge is 0.240 e. The van der Waals surface area contributed by atoms with Gasteiger partial charge in [-0.05, 0) is 31.9 Å². The Hall–Kier alpha value is -1.95. The number of pyridine rings is 1. The first-order valence-electron chi connectivity index (χ1n) is 7.38. The third-order valence-electron chi connectivity index (χ3n) is 4.04. The molecule has 2 aromatic heterocycles. The standard InChI is InChI=1S/C15H21N5O/c1-12-17-15(21-18-12)11-20-9-6-13(7-10-20)19(2)14-5-3-4-8-16-14/h3-5,8,13H,6-7,9-11H2,1-2H3. The summed E-state index contributed by atoms with van der Waals surface area (Å²) in [6.45, 7) is 4.69. The number of piperidine rings is 1. The van der Waals surface area contributed by atoms with Crippen molar-refractivity contribution in [3.05, 3.63) is 36.1 Å². The summed E-state index contributed by atoms with van der Waals surface area (Å²) < 4.78 is 5.19. The Kier molecular flexibility index (Phi) is 4.15. The topological polar surface area (TPSA) is 58.3 Å². The van der Waals surface area contributed by atoms with Crippen LogP contribution in [0.3, 0.4) is 0 Å². The van der Waals surface area contributed by atoms with Gasteiger partial charge in [0.2, 0.25) is 5.89 Å². The van der Waals surface area contributed by atoms with Gasteiger partial charge in [0.15, 0.2) is 5.82 Å².